The summed E-state index contributed by atoms with van der Waals surface area (Å²) in [4.78, 5) is 13.0. The molecule has 10 nitrogen and oxygen atoms in total. The minimum absolute atomic E-state index is 0.0411. The molecule has 0 saturated heterocycles. The highest BCUT2D eigenvalue weighted by molar-refractivity contribution is 5.99. The van der Waals surface area contributed by atoms with E-state index in [-0.39, 0.29) is 45.7 Å². The molecule has 10 heteroatoms. The third kappa shape index (κ3) is 2.44. The number of aromatic nitrogens is 3. The summed E-state index contributed by atoms with van der Waals surface area (Å²) in [6.45, 7) is 0. The molecule has 1 atom stereocenters. The van der Waals surface area contributed by atoms with Crippen LogP contribution in [-0.2, 0) is 10.3 Å². The average molecular weight is 456 g/mol. The Morgan fingerprint density at radius 1 is 1.06 bits per heavy atom. The number of nitrogens with two attached hydrogens (primary N) is 1. The van der Waals surface area contributed by atoms with Crippen molar-refractivity contribution < 1.29 is 29.2 Å². The summed E-state index contributed by atoms with van der Waals surface area (Å²) in [6.07, 6.45) is 1.34. The van der Waals surface area contributed by atoms with Gasteiger partial charge in [-0.2, -0.15) is 0 Å². The van der Waals surface area contributed by atoms with Crippen LogP contribution in [0.5, 0.6) is 28.7 Å². The van der Waals surface area contributed by atoms with Crippen LogP contribution in [0, 0.1) is 0 Å². The molecule has 34 heavy (non-hydrogen) atoms. The number of hydrogen-bond donors (Lipinski definition) is 3. The van der Waals surface area contributed by atoms with E-state index in [4.69, 9.17) is 19.9 Å². The van der Waals surface area contributed by atoms with Crippen molar-refractivity contribution in [1.82, 2.24) is 15.4 Å². The molecule has 1 spiro atoms. The molecule has 2 aliphatic rings. The van der Waals surface area contributed by atoms with E-state index in [0.717, 1.165) is 0 Å². The number of carbonyl (C=O) groups excluding carboxylic acids is 1. The number of nitrogen functional groups attached to an aromatic ring is 1. The molecule has 0 aliphatic carbocycles. The normalized spacial score (nSPS) is 17.4. The average Bonchev–Trinajstić information content (AvgIpc) is 3.11. The van der Waals surface area contributed by atoms with Gasteiger partial charge in [-0.05, 0) is 23.4 Å². The molecule has 0 radical (unpaired) electrons. The smallest absolute Gasteiger partial charge is 0.340 e. The second kappa shape index (κ2) is 6.82. The Labute approximate surface area is 192 Å². The quantitative estimate of drug-likeness (QED) is 0.303. The van der Waals surface area contributed by atoms with Gasteiger partial charge in [-0.15, -0.1) is 10.2 Å². The number of rotatable bonds is 2. The molecule has 0 fully saturated rings. The molecule has 168 valence electrons. The summed E-state index contributed by atoms with van der Waals surface area (Å²) in [5.74, 6) is -0.200. The lowest BCUT2D eigenvalue weighted by molar-refractivity contribution is 0.0227. The molecule has 1 aromatic heterocycles. The van der Waals surface area contributed by atoms with E-state index in [1.807, 2.05) is 0 Å². The standard InChI is InChI=1S/C24H16N4O6/c1-32-18-10-26-28-27-22(18)19-15(30)9-17-20(21(19)25)24(14-7-6-11(29)8-16(14)33-17)13-5-3-2-4-12(13)23(31)34-24/h2-10,29-30H,25H2,1H3. The number of fused-ring (bicyclic) bond motifs is 6. The number of phenolic OH excluding ortho intramolecular Hbond substituents is 2. The van der Waals surface area contributed by atoms with Gasteiger partial charge in [-0.1, -0.05) is 18.2 Å². The summed E-state index contributed by atoms with van der Waals surface area (Å²) in [5.41, 5.74) is 7.19. The summed E-state index contributed by atoms with van der Waals surface area (Å²) >= 11 is 0. The van der Waals surface area contributed by atoms with E-state index >= 15 is 0 Å². The third-order valence-electron chi connectivity index (χ3n) is 6.06. The lowest BCUT2D eigenvalue weighted by atomic mass is 9.76. The van der Waals surface area contributed by atoms with Crippen LogP contribution in [0.3, 0.4) is 0 Å². The number of hydrogen-bond acceptors (Lipinski definition) is 10. The van der Waals surface area contributed by atoms with Gasteiger partial charge in [0.15, 0.2) is 11.4 Å². The Morgan fingerprint density at radius 3 is 2.71 bits per heavy atom. The van der Waals surface area contributed by atoms with E-state index in [2.05, 4.69) is 15.4 Å². The fourth-order valence-corrected chi connectivity index (χ4v) is 4.68. The molecule has 0 saturated carbocycles. The minimum Gasteiger partial charge on any atom is -0.508 e. The van der Waals surface area contributed by atoms with Gasteiger partial charge >= 0.3 is 5.97 Å². The van der Waals surface area contributed by atoms with Gasteiger partial charge in [-0.25, -0.2) is 4.79 Å². The Kier molecular flexibility index (Phi) is 3.97. The third-order valence-corrected chi connectivity index (χ3v) is 6.06. The highest BCUT2D eigenvalue weighted by Crippen LogP contribution is 2.60. The van der Waals surface area contributed by atoms with Crippen LogP contribution in [0.4, 0.5) is 5.69 Å². The maximum absolute atomic E-state index is 13.0. The maximum Gasteiger partial charge on any atom is 0.340 e. The predicted octanol–water partition coefficient (Wildman–Crippen LogP) is 3.11. The molecular weight excluding hydrogens is 440 g/mol. The highest BCUT2D eigenvalue weighted by Gasteiger charge is 2.55. The van der Waals surface area contributed by atoms with Gasteiger partial charge in [0.1, 0.15) is 28.7 Å². The number of carbonyl (C=O) groups is 1. The fraction of sp³-hybridized carbons (Fsp3) is 0.0833. The first-order valence-corrected chi connectivity index (χ1v) is 10.2. The molecule has 4 aromatic rings. The maximum atomic E-state index is 13.0. The number of phenols is 2. The first kappa shape index (κ1) is 19.8. The lowest BCUT2D eigenvalue weighted by Crippen LogP contribution is -2.34. The first-order chi connectivity index (χ1) is 16.5. The van der Waals surface area contributed by atoms with Crippen molar-refractivity contribution >= 4 is 11.7 Å². The van der Waals surface area contributed by atoms with Gasteiger partial charge in [0.25, 0.3) is 0 Å². The molecule has 4 N–H and O–H groups in total. The number of benzene rings is 3. The Morgan fingerprint density at radius 2 is 1.88 bits per heavy atom. The zero-order valence-electron chi connectivity index (χ0n) is 17.6. The zero-order valence-corrected chi connectivity index (χ0v) is 17.6. The molecule has 3 heterocycles. The van der Waals surface area contributed by atoms with Crippen molar-refractivity contribution in [3.8, 4) is 40.0 Å². The van der Waals surface area contributed by atoms with Gasteiger partial charge in [0, 0.05) is 23.3 Å². The van der Waals surface area contributed by atoms with Crippen molar-refractivity contribution in [2.45, 2.75) is 5.60 Å². The van der Waals surface area contributed by atoms with Gasteiger partial charge in [-0.3, -0.25) is 0 Å². The second-order valence-electron chi connectivity index (χ2n) is 7.81. The number of esters is 1. The zero-order chi connectivity index (χ0) is 23.6. The monoisotopic (exact) mass is 456 g/mol. The minimum atomic E-state index is -1.50. The molecule has 0 bridgehead atoms. The number of nitrogens with zero attached hydrogens (tertiary/aromatic N) is 3. The van der Waals surface area contributed by atoms with E-state index in [9.17, 15) is 15.0 Å². The van der Waals surface area contributed by atoms with Crippen LogP contribution in [0.25, 0.3) is 11.3 Å². The lowest BCUT2D eigenvalue weighted by Gasteiger charge is -2.37. The molecule has 1 unspecified atom stereocenters. The van der Waals surface area contributed by atoms with E-state index in [0.29, 0.717) is 22.3 Å². The van der Waals surface area contributed by atoms with Gasteiger partial charge < -0.3 is 30.2 Å². The molecule has 6 rings (SSSR count). The van der Waals surface area contributed by atoms with Gasteiger partial charge in [0.05, 0.1) is 35.7 Å². The highest BCUT2D eigenvalue weighted by atomic mass is 16.6. The number of aromatic hydroxyl groups is 2. The Balaban J connectivity index is 1.74. The summed E-state index contributed by atoms with van der Waals surface area (Å²) < 4.78 is 17.5. The van der Waals surface area contributed by atoms with E-state index in [1.165, 1.54) is 31.5 Å². The van der Waals surface area contributed by atoms with Crippen molar-refractivity contribution in [2.24, 2.45) is 0 Å². The van der Waals surface area contributed by atoms with Crippen LogP contribution in [0.2, 0.25) is 0 Å². The largest absolute Gasteiger partial charge is 0.508 e. The summed E-state index contributed by atoms with van der Waals surface area (Å²) in [5, 5.41) is 32.4. The SMILES string of the molecule is COc1cnnnc1-c1c(O)cc2c(c1N)C1(OC(=O)c3ccccc31)c1ccc(O)cc1O2. The molecule has 2 aliphatic heterocycles. The topological polar surface area (TPSA) is 150 Å². The molecular formula is C24H16N4O6. The van der Waals surface area contributed by atoms with Gasteiger partial charge in [0.2, 0.25) is 0 Å². The molecule has 3 aromatic carbocycles. The van der Waals surface area contributed by atoms with Crippen LogP contribution >= 0.6 is 0 Å². The Bertz CT molecular complexity index is 1520. The second-order valence-corrected chi connectivity index (χ2v) is 7.81. The number of methoxy groups -OCH3 is 1. The van der Waals surface area contributed by atoms with Crippen molar-refractivity contribution in [3.63, 3.8) is 0 Å². The number of ether oxygens (including phenoxy) is 3. The summed E-state index contributed by atoms with van der Waals surface area (Å²) in [6, 6.07) is 12.8. The fourth-order valence-electron chi connectivity index (χ4n) is 4.68. The van der Waals surface area contributed by atoms with Crippen LogP contribution < -0.4 is 15.2 Å². The first-order valence-electron chi connectivity index (χ1n) is 10.2. The van der Waals surface area contributed by atoms with Crippen molar-refractivity contribution in [3.05, 3.63) is 77.0 Å². The Hall–Kier alpha value is -4.86. The predicted molar refractivity (Wildman–Crippen MR) is 118 cm³/mol. The van der Waals surface area contributed by atoms with Crippen molar-refractivity contribution in [1.29, 1.82) is 0 Å². The van der Waals surface area contributed by atoms with Crippen molar-refractivity contribution in [2.75, 3.05) is 12.8 Å². The van der Waals surface area contributed by atoms with Crippen LogP contribution in [0.1, 0.15) is 27.0 Å². The number of anilines is 1. The van der Waals surface area contributed by atoms with E-state index in [1.54, 1.807) is 30.3 Å². The summed E-state index contributed by atoms with van der Waals surface area (Å²) in [7, 11) is 1.43. The molecule has 0 amide bonds. The van der Waals surface area contributed by atoms with E-state index < -0.39 is 11.6 Å². The van der Waals surface area contributed by atoms with Crippen LogP contribution in [-0.4, -0.2) is 38.7 Å². The van der Waals surface area contributed by atoms with Crippen LogP contribution in [0.15, 0.2) is 54.7 Å².